The summed E-state index contributed by atoms with van der Waals surface area (Å²) in [6.07, 6.45) is 0.0697. The molecule has 1 aliphatic rings. The highest BCUT2D eigenvalue weighted by atomic mass is 79.9. The molecular formula is C11H10BrN3O2S. The maximum absolute atomic E-state index is 11.7. The molecule has 0 saturated heterocycles. The van der Waals surface area contributed by atoms with Crippen molar-refractivity contribution in [1.29, 1.82) is 0 Å². The van der Waals surface area contributed by atoms with Crippen molar-refractivity contribution in [1.82, 2.24) is 0 Å². The highest BCUT2D eigenvalue weighted by Gasteiger charge is 2.29. The SMILES string of the molecule is NC1=NC(=O)[C@H](CC(=O)Nc2cccc(Br)c2)S1. The summed E-state index contributed by atoms with van der Waals surface area (Å²) in [4.78, 5) is 26.7. The van der Waals surface area contributed by atoms with Crippen LogP contribution in [-0.2, 0) is 9.59 Å². The third kappa shape index (κ3) is 3.33. The Morgan fingerprint density at radius 1 is 1.56 bits per heavy atom. The van der Waals surface area contributed by atoms with Crippen LogP contribution in [0.1, 0.15) is 6.42 Å². The van der Waals surface area contributed by atoms with Crippen LogP contribution in [0.3, 0.4) is 0 Å². The molecule has 1 heterocycles. The Labute approximate surface area is 116 Å². The molecule has 0 radical (unpaired) electrons. The lowest BCUT2D eigenvalue weighted by Crippen LogP contribution is -2.21. The van der Waals surface area contributed by atoms with E-state index < -0.39 is 5.25 Å². The number of nitrogens with one attached hydrogen (secondary N) is 1. The van der Waals surface area contributed by atoms with Gasteiger partial charge in [-0.1, -0.05) is 33.8 Å². The van der Waals surface area contributed by atoms with Gasteiger partial charge in [0.25, 0.3) is 5.91 Å². The smallest absolute Gasteiger partial charge is 0.262 e. The molecule has 0 unspecified atom stereocenters. The quantitative estimate of drug-likeness (QED) is 0.885. The van der Waals surface area contributed by atoms with Gasteiger partial charge in [0.1, 0.15) is 5.25 Å². The summed E-state index contributed by atoms with van der Waals surface area (Å²) in [7, 11) is 0. The maximum atomic E-state index is 11.7. The Morgan fingerprint density at radius 3 is 2.94 bits per heavy atom. The van der Waals surface area contributed by atoms with Gasteiger partial charge >= 0.3 is 0 Å². The zero-order valence-electron chi connectivity index (χ0n) is 9.22. The van der Waals surface area contributed by atoms with Crippen LogP contribution in [0.25, 0.3) is 0 Å². The van der Waals surface area contributed by atoms with Crippen LogP contribution in [0.2, 0.25) is 0 Å². The van der Waals surface area contributed by atoms with Crippen molar-refractivity contribution in [2.75, 3.05) is 5.32 Å². The van der Waals surface area contributed by atoms with Crippen LogP contribution < -0.4 is 11.1 Å². The number of amides is 2. The van der Waals surface area contributed by atoms with E-state index >= 15 is 0 Å². The zero-order valence-corrected chi connectivity index (χ0v) is 11.6. The van der Waals surface area contributed by atoms with Gasteiger partial charge in [-0.2, -0.15) is 4.99 Å². The van der Waals surface area contributed by atoms with Gasteiger partial charge in [0.05, 0.1) is 0 Å². The largest absolute Gasteiger partial charge is 0.378 e. The van der Waals surface area contributed by atoms with Crippen LogP contribution >= 0.6 is 27.7 Å². The molecule has 2 rings (SSSR count). The van der Waals surface area contributed by atoms with Crippen molar-refractivity contribution in [2.24, 2.45) is 10.7 Å². The number of aliphatic imine (C=N–C) groups is 1. The minimum Gasteiger partial charge on any atom is -0.378 e. The summed E-state index contributed by atoms with van der Waals surface area (Å²) in [6, 6.07) is 7.24. The first kappa shape index (κ1) is 13.1. The first-order chi connectivity index (χ1) is 8.54. The maximum Gasteiger partial charge on any atom is 0.262 e. The van der Waals surface area contributed by atoms with Crippen LogP contribution in [0.15, 0.2) is 33.7 Å². The van der Waals surface area contributed by atoms with Gasteiger partial charge in [-0.3, -0.25) is 9.59 Å². The van der Waals surface area contributed by atoms with E-state index in [2.05, 4.69) is 26.2 Å². The van der Waals surface area contributed by atoms with Crippen molar-refractivity contribution in [2.45, 2.75) is 11.7 Å². The summed E-state index contributed by atoms with van der Waals surface area (Å²) in [5.41, 5.74) is 6.10. The third-order valence-electron chi connectivity index (χ3n) is 2.24. The van der Waals surface area contributed by atoms with Gasteiger partial charge in [-0.05, 0) is 18.2 Å². The van der Waals surface area contributed by atoms with Crippen molar-refractivity contribution < 1.29 is 9.59 Å². The Bertz CT molecular complexity index is 533. The number of hydrogen-bond acceptors (Lipinski definition) is 4. The van der Waals surface area contributed by atoms with Gasteiger partial charge in [0.2, 0.25) is 5.91 Å². The average Bonchev–Trinajstić information content (AvgIpc) is 2.57. The summed E-state index contributed by atoms with van der Waals surface area (Å²) in [5, 5.41) is 2.44. The number of rotatable bonds is 3. The number of anilines is 1. The average molecular weight is 328 g/mol. The highest BCUT2D eigenvalue weighted by Crippen LogP contribution is 2.23. The van der Waals surface area contributed by atoms with E-state index in [1.165, 1.54) is 0 Å². The molecule has 94 valence electrons. The molecule has 1 aromatic carbocycles. The molecule has 0 aromatic heterocycles. The lowest BCUT2D eigenvalue weighted by Gasteiger charge is -2.08. The second kappa shape index (κ2) is 5.53. The van der Waals surface area contributed by atoms with Crippen molar-refractivity contribution in [3.63, 3.8) is 0 Å². The molecular weight excluding hydrogens is 318 g/mol. The topological polar surface area (TPSA) is 84.5 Å². The number of amidine groups is 1. The van der Waals surface area contributed by atoms with Gasteiger partial charge in [-0.15, -0.1) is 0 Å². The number of carbonyl (C=O) groups excluding carboxylic acids is 2. The molecule has 0 fully saturated rings. The Hall–Kier alpha value is -1.34. The minimum absolute atomic E-state index is 0.0697. The van der Waals surface area contributed by atoms with E-state index in [4.69, 9.17) is 5.73 Å². The number of nitrogens with two attached hydrogens (primary N) is 1. The standard InChI is InChI=1S/C11H10BrN3O2S/c12-6-2-1-3-7(4-6)14-9(16)5-8-10(17)15-11(13)18-8/h1-4,8H,5H2,(H,14,16)(H2,13,15,17)/t8-/m0/s1. The second-order valence-electron chi connectivity index (χ2n) is 3.66. The molecule has 0 saturated carbocycles. The molecule has 1 aromatic rings. The summed E-state index contributed by atoms with van der Waals surface area (Å²) < 4.78 is 0.874. The highest BCUT2D eigenvalue weighted by molar-refractivity contribution is 9.10. The first-order valence-corrected chi connectivity index (χ1v) is 6.82. The zero-order chi connectivity index (χ0) is 13.1. The molecule has 18 heavy (non-hydrogen) atoms. The fourth-order valence-electron chi connectivity index (χ4n) is 1.48. The predicted octanol–water partition coefficient (Wildman–Crippen LogP) is 1.73. The minimum atomic E-state index is -0.503. The van der Waals surface area contributed by atoms with E-state index in [-0.39, 0.29) is 23.4 Å². The number of benzene rings is 1. The molecule has 2 amide bonds. The number of hydrogen-bond donors (Lipinski definition) is 2. The summed E-state index contributed by atoms with van der Waals surface area (Å²) in [6.45, 7) is 0. The van der Waals surface area contributed by atoms with Crippen molar-refractivity contribution in [3.05, 3.63) is 28.7 Å². The van der Waals surface area contributed by atoms with E-state index in [9.17, 15) is 9.59 Å². The fourth-order valence-corrected chi connectivity index (χ4v) is 2.70. The normalized spacial score (nSPS) is 18.6. The van der Waals surface area contributed by atoms with Crippen molar-refractivity contribution in [3.8, 4) is 0 Å². The van der Waals surface area contributed by atoms with Gasteiger partial charge in [-0.25, -0.2) is 0 Å². The molecule has 1 aliphatic heterocycles. The number of carbonyl (C=O) groups is 2. The second-order valence-corrected chi connectivity index (χ2v) is 5.80. The monoisotopic (exact) mass is 327 g/mol. The number of thioether (sulfide) groups is 1. The third-order valence-corrected chi connectivity index (χ3v) is 3.72. The molecule has 0 aliphatic carbocycles. The molecule has 0 bridgehead atoms. The Balaban J connectivity index is 1.92. The van der Waals surface area contributed by atoms with E-state index in [0.717, 1.165) is 16.2 Å². The fraction of sp³-hybridized carbons (Fsp3) is 0.182. The van der Waals surface area contributed by atoms with E-state index in [1.54, 1.807) is 12.1 Å². The van der Waals surface area contributed by atoms with Crippen molar-refractivity contribution >= 4 is 50.4 Å². The first-order valence-electron chi connectivity index (χ1n) is 5.14. The molecule has 7 heteroatoms. The van der Waals surface area contributed by atoms with Gasteiger partial charge in [0.15, 0.2) is 5.17 Å². The predicted molar refractivity (Wildman–Crippen MR) is 75.4 cm³/mol. The van der Waals surface area contributed by atoms with Crippen LogP contribution in [0.4, 0.5) is 5.69 Å². The summed E-state index contributed by atoms with van der Waals surface area (Å²) >= 11 is 4.44. The Kier molecular flexibility index (Phi) is 4.03. The van der Waals surface area contributed by atoms with E-state index in [0.29, 0.717) is 5.69 Å². The van der Waals surface area contributed by atoms with Gasteiger partial charge < -0.3 is 11.1 Å². The van der Waals surface area contributed by atoms with Crippen LogP contribution in [0.5, 0.6) is 0 Å². The van der Waals surface area contributed by atoms with Crippen LogP contribution in [-0.4, -0.2) is 22.2 Å². The molecule has 3 N–H and O–H groups in total. The lowest BCUT2D eigenvalue weighted by molar-refractivity contribution is -0.121. The molecule has 5 nitrogen and oxygen atoms in total. The number of nitrogens with zero attached hydrogens (tertiary/aromatic N) is 1. The number of halogens is 1. The summed E-state index contributed by atoms with van der Waals surface area (Å²) in [5.74, 6) is -0.578. The molecule has 1 atom stereocenters. The van der Waals surface area contributed by atoms with E-state index in [1.807, 2.05) is 12.1 Å². The molecule has 0 spiro atoms. The van der Waals surface area contributed by atoms with Gasteiger partial charge in [0, 0.05) is 16.6 Å². The van der Waals surface area contributed by atoms with Crippen LogP contribution in [0, 0.1) is 0 Å². The Morgan fingerprint density at radius 2 is 2.33 bits per heavy atom. The lowest BCUT2D eigenvalue weighted by atomic mass is 10.2.